The molecule has 3 heterocycles. The molecule has 3 aromatic rings. The van der Waals surface area contributed by atoms with Crippen molar-refractivity contribution < 1.29 is 4.79 Å². The Hall–Kier alpha value is -2.96. The van der Waals surface area contributed by atoms with Gasteiger partial charge in [-0.05, 0) is 43.5 Å². The van der Waals surface area contributed by atoms with Gasteiger partial charge in [-0.1, -0.05) is 0 Å². The van der Waals surface area contributed by atoms with E-state index in [1.807, 2.05) is 12.1 Å². The molecule has 3 aromatic heterocycles. The number of anilines is 1. The summed E-state index contributed by atoms with van der Waals surface area (Å²) in [6, 6.07) is 7.31. The molecule has 0 radical (unpaired) electrons. The lowest BCUT2D eigenvalue weighted by Gasteiger charge is -2.26. The molecule has 0 bridgehead atoms. The molecule has 1 aliphatic carbocycles. The van der Waals surface area contributed by atoms with E-state index in [4.69, 9.17) is 5.73 Å². The van der Waals surface area contributed by atoms with Gasteiger partial charge in [0.1, 0.15) is 5.82 Å². The van der Waals surface area contributed by atoms with Crippen LogP contribution in [-0.2, 0) is 0 Å². The number of nitrogens with zero attached hydrogens (tertiary/aromatic N) is 4. The number of carbonyl (C=O) groups excluding carboxylic acids is 1. The molecule has 1 amide bonds. The largest absolute Gasteiger partial charge is 0.384 e. The van der Waals surface area contributed by atoms with Gasteiger partial charge in [-0.25, -0.2) is 4.98 Å². The molecule has 0 atom stereocenters. The number of nitrogens with two attached hydrogens (primary N) is 1. The minimum atomic E-state index is -0.116. The lowest BCUT2D eigenvalue weighted by molar-refractivity contribution is 0.0917. The van der Waals surface area contributed by atoms with Crippen molar-refractivity contribution in [3.05, 3.63) is 42.2 Å². The summed E-state index contributed by atoms with van der Waals surface area (Å²) in [4.78, 5) is 20.8. The van der Waals surface area contributed by atoms with Crippen LogP contribution in [0.4, 0.5) is 5.82 Å². The van der Waals surface area contributed by atoms with Gasteiger partial charge >= 0.3 is 0 Å². The number of carbonyl (C=O) groups is 1. The summed E-state index contributed by atoms with van der Waals surface area (Å²) in [5.74, 6) is 0.792. The van der Waals surface area contributed by atoms with Crippen molar-refractivity contribution in [1.29, 1.82) is 0 Å². The van der Waals surface area contributed by atoms with Crippen molar-refractivity contribution in [2.45, 2.75) is 25.3 Å². The van der Waals surface area contributed by atoms with E-state index in [0.717, 1.165) is 18.4 Å². The zero-order chi connectivity index (χ0) is 15.8. The van der Waals surface area contributed by atoms with Gasteiger partial charge in [0.05, 0.1) is 0 Å². The Balaban J connectivity index is 1.70. The van der Waals surface area contributed by atoms with Crippen LogP contribution in [-0.4, -0.2) is 31.5 Å². The van der Waals surface area contributed by atoms with Crippen molar-refractivity contribution in [2.75, 3.05) is 5.73 Å². The summed E-state index contributed by atoms with van der Waals surface area (Å²) in [5.41, 5.74) is 7.88. The Labute approximate surface area is 132 Å². The predicted octanol–water partition coefficient (Wildman–Crippen LogP) is 1.66. The molecule has 116 valence electrons. The molecule has 7 nitrogen and oxygen atoms in total. The number of rotatable bonds is 3. The molecule has 1 aliphatic rings. The van der Waals surface area contributed by atoms with Crippen molar-refractivity contribution in [2.24, 2.45) is 0 Å². The number of nitrogen functional groups attached to an aromatic ring is 1. The Kier molecular flexibility index (Phi) is 3.18. The Morgan fingerprint density at radius 3 is 2.91 bits per heavy atom. The molecule has 3 N–H and O–H groups in total. The van der Waals surface area contributed by atoms with Crippen LogP contribution in [0, 0.1) is 0 Å². The minimum absolute atomic E-state index is 0.116. The molecule has 0 spiro atoms. The zero-order valence-corrected chi connectivity index (χ0v) is 12.4. The summed E-state index contributed by atoms with van der Waals surface area (Å²) in [7, 11) is 0. The van der Waals surface area contributed by atoms with E-state index in [1.54, 1.807) is 24.5 Å². The molecular formula is C16H16N6O. The number of aromatic nitrogens is 4. The van der Waals surface area contributed by atoms with Crippen molar-refractivity contribution in [3.63, 3.8) is 0 Å². The van der Waals surface area contributed by atoms with Gasteiger partial charge in [0.25, 0.3) is 5.91 Å². The molecule has 1 saturated carbocycles. The molecule has 7 heteroatoms. The highest BCUT2D eigenvalue weighted by Gasteiger charge is 2.21. The molecular weight excluding hydrogens is 292 g/mol. The first-order valence-corrected chi connectivity index (χ1v) is 7.58. The third-order valence-electron chi connectivity index (χ3n) is 4.09. The van der Waals surface area contributed by atoms with Crippen molar-refractivity contribution in [1.82, 2.24) is 24.9 Å². The first-order chi connectivity index (χ1) is 11.2. The summed E-state index contributed by atoms with van der Waals surface area (Å²) in [6.07, 6.45) is 6.63. The second kappa shape index (κ2) is 5.35. The average molecular weight is 308 g/mol. The normalized spacial score (nSPS) is 14.6. The van der Waals surface area contributed by atoms with Crippen LogP contribution in [0.15, 0.2) is 36.7 Å². The minimum Gasteiger partial charge on any atom is -0.384 e. The summed E-state index contributed by atoms with van der Waals surface area (Å²) >= 11 is 0. The number of hydrogen-bond donors (Lipinski definition) is 2. The van der Waals surface area contributed by atoms with Crippen LogP contribution >= 0.6 is 0 Å². The van der Waals surface area contributed by atoms with Gasteiger partial charge in [0.15, 0.2) is 11.5 Å². The fraction of sp³-hybridized carbons (Fsp3) is 0.250. The molecule has 23 heavy (non-hydrogen) atoms. The average Bonchev–Trinajstić information content (AvgIpc) is 2.96. The highest BCUT2D eigenvalue weighted by molar-refractivity contribution is 5.96. The Morgan fingerprint density at radius 2 is 2.22 bits per heavy atom. The predicted molar refractivity (Wildman–Crippen MR) is 85.7 cm³/mol. The first kappa shape index (κ1) is 13.7. The van der Waals surface area contributed by atoms with E-state index >= 15 is 0 Å². The highest BCUT2D eigenvalue weighted by Crippen LogP contribution is 2.21. The third kappa shape index (κ3) is 2.50. The molecule has 4 rings (SSSR count). The highest BCUT2D eigenvalue weighted by atomic mass is 16.1. The monoisotopic (exact) mass is 308 g/mol. The summed E-state index contributed by atoms with van der Waals surface area (Å²) in [5, 5.41) is 7.38. The second-order valence-electron chi connectivity index (χ2n) is 5.72. The van der Waals surface area contributed by atoms with Gasteiger partial charge in [0.2, 0.25) is 0 Å². The fourth-order valence-electron chi connectivity index (χ4n) is 2.58. The molecule has 1 fully saturated rings. The Morgan fingerprint density at radius 1 is 1.35 bits per heavy atom. The van der Waals surface area contributed by atoms with E-state index in [2.05, 4.69) is 20.4 Å². The summed E-state index contributed by atoms with van der Waals surface area (Å²) < 4.78 is 1.53. The zero-order valence-electron chi connectivity index (χ0n) is 12.4. The molecule has 0 aliphatic heterocycles. The number of hydrogen-bond acceptors (Lipinski definition) is 5. The van der Waals surface area contributed by atoms with Crippen LogP contribution in [0.2, 0.25) is 0 Å². The smallest absolute Gasteiger partial charge is 0.251 e. The Bertz CT molecular complexity index is 869. The van der Waals surface area contributed by atoms with Crippen molar-refractivity contribution >= 4 is 17.4 Å². The molecule has 0 saturated heterocycles. The number of pyridine rings is 2. The lowest BCUT2D eigenvalue weighted by atomic mass is 9.93. The number of amides is 1. The van der Waals surface area contributed by atoms with E-state index < -0.39 is 0 Å². The quantitative estimate of drug-likeness (QED) is 0.766. The van der Waals surface area contributed by atoms with Gasteiger partial charge in [-0.3, -0.25) is 9.78 Å². The van der Waals surface area contributed by atoms with Gasteiger partial charge in [0, 0.05) is 29.6 Å². The van der Waals surface area contributed by atoms with Gasteiger partial charge in [-0.15, -0.1) is 5.10 Å². The first-order valence-electron chi connectivity index (χ1n) is 7.58. The van der Waals surface area contributed by atoms with Gasteiger partial charge < -0.3 is 11.1 Å². The summed E-state index contributed by atoms with van der Waals surface area (Å²) in [6.45, 7) is 0. The standard InChI is InChI=1S/C16H16N6O/c17-13-7-11(16(23)19-12-4-1-5-12)8-14-20-15(21-22(13)14)10-3-2-6-18-9-10/h2-3,6-9,12H,1,4-5,17H2,(H,19,23). The van der Waals surface area contributed by atoms with E-state index in [-0.39, 0.29) is 11.9 Å². The maximum Gasteiger partial charge on any atom is 0.251 e. The maximum absolute atomic E-state index is 12.3. The van der Waals surface area contributed by atoms with Crippen LogP contribution in [0.25, 0.3) is 17.0 Å². The number of fused-ring (bicyclic) bond motifs is 1. The topological polar surface area (TPSA) is 98.2 Å². The van der Waals surface area contributed by atoms with E-state index in [0.29, 0.717) is 22.9 Å². The van der Waals surface area contributed by atoms with E-state index in [9.17, 15) is 4.79 Å². The lowest BCUT2D eigenvalue weighted by Crippen LogP contribution is -2.39. The second-order valence-corrected chi connectivity index (χ2v) is 5.72. The van der Waals surface area contributed by atoms with Crippen LogP contribution in [0.1, 0.15) is 29.6 Å². The van der Waals surface area contributed by atoms with Gasteiger partial charge in [-0.2, -0.15) is 4.52 Å². The SMILES string of the molecule is Nc1cc(C(=O)NC2CCC2)cc2nc(-c3cccnc3)nn12. The molecule has 0 unspecified atom stereocenters. The van der Waals surface area contributed by atoms with Crippen molar-refractivity contribution in [3.8, 4) is 11.4 Å². The molecule has 0 aromatic carbocycles. The number of nitrogens with one attached hydrogen (secondary N) is 1. The van der Waals surface area contributed by atoms with Crippen LogP contribution < -0.4 is 11.1 Å². The fourth-order valence-corrected chi connectivity index (χ4v) is 2.58. The van der Waals surface area contributed by atoms with Crippen LogP contribution in [0.3, 0.4) is 0 Å². The van der Waals surface area contributed by atoms with E-state index in [1.165, 1.54) is 10.9 Å². The third-order valence-corrected chi connectivity index (χ3v) is 4.09. The van der Waals surface area contributed by atoms with Crippen LogP contribution in [0.5, 0.6) is 0 Å². The maximum atomic E-state index is 12.3.